The van der Waals surface area contributed by atoms with Crippen molar-refractivity contribution in [1.29, 1.82) is 0 Å². The molecule has 2 heterocycles. The summed E-state index contributed by atoms with van der Waals surface area (Å²) >= 11 is 0. The zero-order chi connectivity index (χ0) is 11.8. The molecule has 2 rings (SSSR count). The minimum atomic E-state index is -0.613. The van der Waals surface area contributed by atoms with Crippen molar-refractivity contribution < 1.29 is 14.6 Å². The van der Waals surface area contributed by atoms with E-state index in [1.54, 1.807) is 4.90 Å². The summed E-state index contributed by atoms with van der Waals surface area (Å²) in [6, 6.07) is -0.267. The van der Waals surface area contributed by atoms with Crippen LogP contribution >= 0.6 is 0 Å². The molecule has 0 saturated carbocycles. The maximum absolute atomic E-state index is 12.4. The molecule has 0 aromatic heterocycles. The van der Waals surface area contributed by atoms with Crippen LogP contribution in [0.3, 0.4) is 0 Å². The van der Waals surface area contributed by atoms with E-state index in [0.717, 1.165) is 19.4 Å². The SMILES string of the molecule is CC1(C(=O)N2CCC[C@@H]2CO)COCC1N. The Hall–Kier alpha value is -0.650. The number of nitrogens with two attached hydrogens (primary N) is 1. The summed E-state index contributed by atoms with van der Waals surface area (Å²) < 4.78 is 5.29. The fourth-order valence-electron chi connectivity index (χ4n) is 2.53. The predicted octanol–water partition coefficient (Wildman–Crippen LogP) is -0.666. The first-order chi connectivity index (χ1) is 7.59. The summed E-state index contributed by atoms with van der Waals surface area (Å²) in [6.45, 7) is 3.46. The van der Waals surface area contributed by atoms with Gasteiger partial charge in [0.2, 0.25) is 5.91 Å². The average molecular weight is 228 g/mol. The van der Waals surface area contributed by atoms with Crippen molar-refractivity contribution in [3.63, 3.8) is 0 Å². The molecule has 2 aliphatic heterocycles. The highest BCUT2D eigenvalue weighted by Crippen LogP contribution is 2.32. The van der Waals surface area contributed by atoms with Gasteiger partial charge in [0, 0.05) is 12.6 Å². The van der Waals surface area contributed by atoms with E-state index >= 15 is 0 Å². The second-order valence-electron chi connectivity index (χ2n) is 5.02. The number of hydrogen-bond acceptors (Lipinski definition) is 4. The first kappa shape index (κ1) is 11.8. The van der Waals surface area contributed by atoms with Crippen molar-refractivity contribution in [3.8, 4) is 0 Å². The predicted molar refractivity (Wildman–Crippen MR) is 58.7 cm³/mol. The Kier molecular flexibility index (Phi) is 3.19. The molecular formula is C11H20N2O3. The third-order valence-electron chi connectivity index (χ3n) is 3.86. The summed E-state index contributed by atoms with van der Waals surface area (Å²) in [6.07, 6.45) is 1.84. The van der Waals surface area contributed by atoms with E-state index < -0.39 is 5.41 Å². The molecule has 1 amide bonds. The van der Waals surface area contributed by atoms with E-state index in [1.165, 1.54) is 0 Å². The van der Waals surface area contributed by atoms with Gasteiger partial charge in [0.05, 0.1) is 31.3 Å². The third kappa shape index (κ3) is 1.73. The second-order valence-corrected chi connectivity index (χ2v) is 5.02. The highest BCUT2D eigenvalue weighted by atomic mass is 16.5. The summed E-state index contributed by atoms with van der Waals surface area (Å²) in [7, 11) is 0. The monoisotopic (exact) mass is 228 g/mol. The first-order valence-electron chi connectivity index (χ1n) is 5.85. The molecule has 2 saturated heterocycles. The lowest BCUT2D eigenvalue weighted by Crippen LogP contribution is -2.53. The van der Waals surface area contributed by atoms with Crippen molar-refractivity contribution in [3.05, 3.63) is 0 Å². The maximum atomic E-state index is 12.4. The highest BCUT2D eigenvalue weighted by molar-refractivity contribution is 5.84. The van der Waals surface area contributed by atoms with E-state index in [1.807, 2.05) is 6.92 Å². The van der Waals surface area contributed by atoms with Gasteiger partial charge in [0.25, 0.3) is 0 Å². The minimum absolute atomic E-state index is 0.0304. The van der Waals surface area contributed by atoms with Gasteiger partial charge < -0.3 is 20.5 Å². The molecular weight excluding hydrogens is 208 g/mol. The van der Waals surface area contributed by atoms with E-state index in [0.29, 0.717) is 13.2 Å². The Labute approximate surface area is 95.5 Å². The number of nitrogens with zero attached hydrogens (tertiary/aromatic N) is 1. The summed E-state index contributed by atoms with van der Waals surface area (Å²) in [5.41, 5.74) is 5.32. The van der Waals surface area contributed by atoms with Gasteiger partial charge in [0.1, 0.15) is 0 Å². The van der Waals surface area contributed by atoms with Crippen LogP contribution in [0.4, 0.5) is 0 Å². The lowest BCUT2D eigenvalue weighted by atomic mass is 9.84. The third-order valence-corrected chi connectivity index (χ3v) is 3.86. The first-order valence-corrected chi connectivity index (χ1v) is 5.85. The lowest BCUT2D eigenvalue weighted by molar-refractivity contribution is -0.143. The molecule has 0 bridgehead atoms. The number of likely N-dealkylation sites (tertiary alicyclic amines) is 1. The van der Waals surface area contributed by atoms with Crippen LogP contribution in [0.25, 0.3) is 0 Å². The molecule has 3 N–H and O–H groups in total. The van der Waals surface area contributed by atoms with Gasteiger partial charge in [0.15, 0.2) is 0 Å². The average Bonchev–Trinajstić information content (AvgIpc) is 2.86. The van der Waals surface area contributed by atoms with Crippen LogP contribution in [-0.2, 0) is 9.53 Å². The van der Waals surface area contributed by atoms with Crippen molar-refractivity contribution in [2.75, 3.05) is 26.4 Å². The fraction of sp³-hybridized carbons (Fsp3) is 0.909. The number of carbonyl (C=O) groups excluding carboxylic acids is 1. The van der Waals surface area contributed by atoms with E-state index in [4.69, 9.17) is 10.5 Å². The van der Waals surface area contributed by atoms with Crippen LogP contribution in [0.15, 0.2) is 0 Å². The van der Waals surface area contributed by atoms with Gasteiger partial charge in [-0.1, -0.05) is 0 Å². The molecule has 2 aliphatic rings. The number of hydrogen-bond donors (Lipinski definition) is 2. The smallest absolute Gasteiger partial charge is 0.232 e. The normalized spacial score (nSPS) is 39.3. The van der Waals surface area contributed by atoms with Crippen LogP contribution in [-0.4, -0.2) is 54.4 Å². The molecule has 5 heteroatoms. The summed E-state index contributed by atoms with van der Waals surface area (Å²) in [4.78, 5) is 14.2. The topological polar surface area (TPSA) is 75.8 Å². The Morgan fingerprint density at radius 3 is 3.00 bits per heavy atom. The number of carbonyl (C=O) groups is 1. The number of aliphatic hydroxyl groups is 1. The molecule has 16 heavy (non-hydrogen) atoms. The zero-order valence-electron chi connectivity index (χ0n) is 9.69. The standard InChI is InChI=1S/C11H20N2O3/c1-11(7-16-6-9(11)12)10(15)13-4-2-3-8(13)5-14/h8-9,14H,2-7,12H2,1H3/t8-,9?,11?/m1/s1. The molecule has 92 valence electrons. The molecule has 5 nitrogen and oxygen atoms in total. The molecule has 0 spiro atoms. The molecule has 0 radical (unpaired) electrons. The zero-order valence-corrected chi connectivity index (χ0v) is 9.69. The van der Waals surface area contributed by atoms with E-state index in [9.17, 15) is 9.90 Å². The van der Waals surface area contributed by atoms with Crippen molar-refractivity contribution >= 4 is 5.91 Å². The van der Waals surface area contributed by atoms with Gasteiger partial charge in [-0.3, -0.25) is 4.79 Å². The largest absolute Gasteiger partial charge is 0.394 e. The lowest BCUT2D eigenvalue weighted by Gasteiger charge is -2.33. The van der Waals surface area contributed by atoms with E-state index in [-0.39, 0.29) is 24.6 Å². The van der Waals surface area contributed by atoms with Crippen molar-refractivity contribution in [1.82, 2.24) is 4.90 Å². The van der Waals surface area contributed by atoms with E-state index in [2.05, 4.69) is 0 Å². The number of rotatable bonds is 2. The molecule has 0 aliphatic carbocycles. The molecule has 2 fully saturated rings. The van der Waals surface area contributed by atoms with Gasteiger partial charge in [-0.25, -0.2) is 0 Å². The highest BCUT2D eigenvalue weighted by Gasteiger charge is 2.48. The Morgan fingerprint density at radius 1 is 1.69 bits per heavy atom. The molecule has 0 aromatic carbocycles. The fourth-order valence-corrected chi connectivity index (χ4v) is 2.53. The second kappa shape index (κ2) is 4.31. The Balaban J connectivity index is 2.12. The summed E-state index contributed by atoms with van der Waals surface area (Å²) in [5, 5.41) is 9.22. The van der Waals surface area contributed by atoms with Gasteiger partial charge in [-0.15, -0.1) is 0 Å². The molecule has 2 unspecified atom stereocenters. The Morgan fingerprint density at radius 2 is 2.44 bits per heavy atom. The van der Waals surface area contributed by atoms with Gasteiger partial charge >= 0.3 is 0 Å². The number of amides is 1. The van der Waals surface area contributed by atoms with Gasteiger partial charge in [-0.05, 0) is 19.8 Å². The van der Waals surface area contributed by atoms with Crippen LogP contribution in [0.1, 0.15) is 19.8 Å². The minimum Gasteiger partial charge on any atom is -0.394 e. The van der Waals surface area contributed by atoms with Crippen LogP contribution in [0.5, 0.6) is 0 Å². The van der Waals surface area contributed by atoms with Gasteiger partial charge in [-0.2, -0.15) is 0 Å². The molecule has 3 atom stereocenters. The van der Waals surface area contributed by atoms with Crippen LogP contribution in [0.2, 0.25) is 0 Å². The molecule has 0 aromatic rings. The van der Waals surface area contributed by atoms with Crippen molar-refractivity contribution in [2.24, 2.45) is 11.1 Å². The number of ether oxygens (including phenoxy) is 1. The number of aliphatic hydroxyl groups excluding tert-OH is 1. The Bertz CT molecular complexity index is 284. The maximum Gasteiger partial charge on any atom is 0.232 e. The van der Waals surface area contributed by atoms with Crippen LogP contribution < -0.4 is 5.73 Å². The summed E-state index contributed by atoms with van der Waals surface area (Å²) in [5.74, 6) is 0.0362. The van der Waals surface area contributed by atoms with Crippen molar-refractivity contribution in [2.45, 2.75) is 31.8 Å². The quantitative estimate of drug-likeness (QED) is 0.657. The van der Waals surface area contributed by atoms with Crippen LogP contribution in [0, 0.1) is 5.41 Å².